The summed E-state index contributed by atoms with van der Waals surface area (Å²) in [7, 11) is 0. The summed E-state index contributed by atoms with van der Waals surface area (Å²) in [6.07, 6.45) is 1.68. The van der Waals surface area contributed by atoms with Crippen molar-refractivity contribution in [2.45, 2.75) is 38.8 Å². The molecular weight excluding hydrogens is 328 g/mol. The smallest absolute Gasteiger partial charge is 0.237 e. The minimum absolute atomic E-state index is 0. The van der Waals surface area contributed by atoms with E-state index in [0.717, 1.165) is 35.1 Å². The minimum atomic E-state index is -0.494. The molecule has 1 amide bonds. The molecule has 3 N–H and O–H groups in total. The molecule has 1 aliphatic heterocycles. The Bertz CT molecular complexity index is 695. The highest BCUT2D eigenvalue weighted by molar-refractivity contribution is 5.85. The van der Waals surface area contributed by atoms with E-state index >= 15 is 0 Å². The predicted molar refractivity (Wildman–Crippen MR) is 96.3 cm³/mol. The highest BCUT2D eigenvalue weighted by Crippen LogP contribution is 2.29. The summed E-state index contributed by atoms with van der Waals surface area (Å²) in [5.74, 6) is 0.857. The van der Waals surface area contributed by atoms with Crippen LogP contribution in [0.5, 0.6) is 0 Å². The zero-order chi connectivity index (χ0) is 16.4. The lowest BCUT2D eigenvalue weighted by Gasteiger charge is -2.27. The number of hydrogen-bond donors (Lipinski definition) is 2. The van der Waals surface area contributed by atoms with Gasteiger partial charge in [0.2, 0.25) is 5.91 Å². The van der Waals surface area contributed by atoms with Gasteiger partial charge >= 0.3 is 0 Å². The maximum absolute atomic E-state index is 12.4. The van der Waals surface area contributed by atoms with Gasteiger partial charge in [0, 0.05) is 24.2 Å². The maximum Gasteiger partial charge on any atom is 0.237 e. The van der Waals surface area contributed by atoms with Crippen molar-refractivity contribution in [3.8, 4) is 0 Å². The highest BCUT2D eigenvalue weighted by atomic mass is 35.5. The monoisotopic (exact) mass is 352 g/mol. The number of hydrogen-bond acceptors (Lipinski definition) is 4. The largest absolute Gasteiger partial charge is 0.459 e. The van der Waals surface area contributed by atoms with E-state index in [-0.39, 0.29) is 30.3 Å². The van der Waals surface area contributed by atoms with Gasteiger partial charge in [-0.15, -0.1) is 12.4 Å². The Morgan fingerprint density at radius 3 is 2.62 bits per heavy atom. The van der Waals surface area contributed by atoms with Gasteiger partial charge in [0.05, 0.1) is 12.1 Å². The SMILES string of the molecule is Cc1c(C(C)NC(=O)C(N)C2CCOCC2)oc2ccccc12.Cl. The van der Waals surface area contributed by atoms with Gasteiger partial charge in [-0.25, -0.2) is 0 Å². The minimum Gasteiger partial charge on any atom is -0.459 e. The molecular formula is C18H25ClN2O3. The van der Waals surface area contributed by atoms with E-state index in [2.05, 4.69) is 5.32 Å². The summed E-state index contributed by atoms with van der Waals surface area (Å²) < 4.78 is 11.2. The zero-order valence-electron chi connectivity index (χ0n) is 14.1. The molecule has 0 aliphatic carbocycles. The van der Waals surface area contributed by atoms with Crippen LogP contribution in [0.2, 0.25) is 0 Å². The number of carbonyl (C=O) groups is 1. The van der Waals surface area contributed by atoms with Crippen LogP contribution in [0, 0.1) is 12.8 Å². The van der Waals surface area contributed by atoms with E-state index in [1.807, 2.05) is 38.1 Å². The topological polar surface area (TPSA) is 77.5 Å². The Morgan fingerprint density at radius 1 is 1.29 bits per heavy atom. The molecule has 1 aromatic heterocycles. The van der Waals surface area contributed by atoms with Crippen LogP contribution in [0.1, 0.15) is 37.1 Å². The molecule has 0 bridgehead atoms. The first-order chi connectivity index (χ1) is 11.1. The number of nitrogens with two attached hydrogens (primary N) is 1. The number of aryl methyl sites for hydroxylation is 1. The maximum atomic E-state index is 12.4. The third kappa shape index (κ3) is 3.74. The van der Waals surface area contributed by atoms with Crippen LogP contribution < -0.4 is 11.1 Å². The number of nitrogens with one attached hydrogen (secondary N) is 1. The molecule has 2 aromatic rings. The van der Waals surface area contributed by atoms with E-state index in [4.69, 9.17) is 14.9 Å². The van der Waals surface area contributed by atoms with Gasteiger partial charge in [-0.2, -0.15) is 0 Å². The normalized spacial score (nSPS) is 18.0. The molecule has 132 valence electrons. The molecule has 0 spiro atoms. The standard InChI is InChI=1S/C18H24N2O3.ClH/c1-11-14-5-3-4-6-15(14)23-17(11)12(2)20-18(21)16(19)13-7-9-22-10-8-13;/h3-6,12-13,16H,7-10,19H2,1-2H3,(H,20,21);1H. The molecule has 0 saturated carbocycles. The third-order valence-corrected chi connectivity index (χ3v) is 4.71. The van der Waals surface area contributed by atoms with Gasteiger partial charge < -0.3 is 20.2 Å². The fourth-order valence-corrected chi connectivity index (χ4v) is 3.27. The van der Waals surface area contributed by atoms with Crippen molar-refractivity contribution in [3.63, 3.8) is 0 Å². The average molecular weight is 353 g/mol. The first-order valence-corrected chi connectivity index (χ1v) is 8.19. The third-order valence-electron chi connectivity index (χ3n) is 4.71. The van der Waals surface area contributed by atoms with Gasteiger partial charge in [-0.1, -0.05) is 18.2 Å². The molecule has 1 saturated heterocycles. The number of ether oxygens (including phenoxy) is 1. The van der Waals surface area contributed by atoms with Crippen LogP contribution in [0.3, 0.4) is 0 Å². The molecule has 1 aliphatic rings. The zero-order valence-corrected chi connectivity index (χ0v) is 14.9. The molecule has 1 fully saturated rings. The Hall–Kier alpha value is -1.56. The Kier molecular flexibility index (Phi) is 6.27. The van der Waals surface area contributed by atoms with Gasteiger partial charge in [0.25, 0.3) is 0 Å². The fraction of sp³-hybridized carbons (Fsp3) is 0.500. The van der Waals surface area contributed by atoms with Crippen LogP contribution >= 0.6 is 12.4 Å². The summed E-state index contributed by atoms with van der Waals surface area (Å²) in [5.41, 5.74) is 8.04. The molecule has 24 heavy (non-hydrogen) atoms. The quantitative estimate of drug-likeness (QED) is 0.886. The van der Waals surface area contributed by atoms with Crippen molar-refractivity contribution in [3.05, 3.63) is 35.6 Å². The van der Waals surface area contributed by atoms with Crippen LogP contribution in [0.15, 0.2) is 28.7 Å². The van der Waals surface area contributed by atoms with Crippen LogP contribution in [0.25, 0.3) is 11.0 Å². The van der Waals surface area contributed by atoms with Crippen molar-refractivity contribution >= 4 is 29.3 Å². The fourth-order valence-electron chi connectivity index (χ4n) is 3.27. The number of rotatable bonds is 4. The summed E-state index contributed by atoms with van der Waals surface area (Å²) in [4.78, 5) is 12.4. The average Bonchev–Trinajstić information content (AvgIpc) is 2.92. The lowest BCUT2D eigenvalue weighted by atomic mass is 9.91. The lowest BCUT2D eigenvalue weighted by Crippen LogP contribution is -2.47. The highest BCUT2D eigenvalue weighted by Gasteiger charge is 2.28. The van der Waals surface area contributed by atoms with Crippen molar-refractivity contribution in [1.29, 1.82) is 0 Å². The number of carbonyl (C=O) groups excluding carboxylic acids is 1. The second-order valence-corrected chi connectivity index (χ2v) is 6.29. The summed E-state index contributed by atoms with van der Waals surface area (Å²) >= 11 is 0. The second kappa shape index (κ2) is 8.01. The van der Waals surface area contributed by atoms with Crippen LogP contribution in [-0.2, 0) is 9.53 Å². The first kappa shape index (κ1) is 18.8. The molecule has 2 atom stereocenters. The number of amides is 1. The summed E-state index contributed by atoms with van der Waals surface area (Å²) in [6.45, 7) is 5.31. The Morgan fingerprint density at radius 2 is 1.96 bits per heavy atom. The molecule has 0 radical (unpaired) electrons. The predicted octanol–water partition coefficient (Wildman–Crippen LogP) is 3.09. The van der Waals surface area contributed by atoms with Crippen molar-refractivity contribution < 1.29 is 13.9 Å². The van der Waals surface area contributed by atoms with Gasteiger partial charge in [-0.05, 0) is 38.7 Å². The van der Waals surface area contributed by atoms with Crippen molar-refractivity contribution in [2.24, 2.45) is 11.7 Å². The number of para-hydroxylation sites is 1. The van der Waals surface area contributed by atoms with Crippen molar-refractivity contribution in [1.82, 2.24) is 5.32 Å². The van der Waals surface area contributed by atoms with E-state index in [0.29, 0.717) is 13.2 Å². The van der Waals surface area contributed by atoms with E-state index in [1.54, 1.807) is 0 Å². The summed E-state index contributed by atoms with van der Waals surface area (Å²) in [6, 6.07) is 7.19. The van der Waals surface area contributed by atoms with E-state index in [1.165, 1.54) is 0 Å². The number of furan rings is 1. The molecule has 1 aromatic carbocycles. The molecule has 2 heterocycles. The van der Waals surface area contributed by atoms with Gasteiger partial charge in [-0.3, -0.25) is 4.79 Å². The number of fused-ring (bicyclic) bond motifs is 1. The van der Waals surface area contributed by atoms with Crippen LogP contribution in [-0.4, -0.2) is 25.2 Å². The number of halogens is 1. The molecule has 6 heteroatoms. The molecule has 5 nitrogen and oxygen atoms in total. The lowest BCUT2D eigenvalue weighted by molar-refractivity contribution is -0.125. The van der Waals surface area contributed by atoms with E-state index < -0.39 is 6.04 Å². The van der Waals surface area contributed by atoms with Crippen molar-refractivity contribution in [2.75, 3.05) is 13.2 Å². The second-order valence-electron chi connectivity index (χ2n) is 6.29. The van der Waals surface area contributed by atoms with Gasteiger partial charge in [0.15, 0.2) is 0 Å². The van der Waals surface area contributed by atoms with Crippen LogP contribution in [0.4, 0.5) is 0 Å². The molecule has 3 rings (SSSR count). The molecule has 2 unspecified atom stereocenters. The Labute approximate surface area is 148 Å². The van der Waals surface area contributed by atoms with Gasteiger partial charge in [0.1, 0.15) is 11.3 Å². The Balaban J connectivity index is 0.00000208. The number of benzene rings is 1. The first-order valence-electron chi connectivity index (χ1n) is 8.19. The summed E-state index contributed by atoms with van der Waals surface area (Å²) in [5, 5.41) is 4.08. The van der Waals surface area contributed by atoms with E-state index in [9.17, 15) is 4.79 Å².